The van der Waals surface area contributed by atoms with Crippen molar-refractivity contribution in [3.05, 3.63) is 52.8 Å². The van der Waals surface area contributed by atoms with Gasteiger partial charge in [0.15, 0.2) is 0 Å². The number of halogens is 2. The quantitative estimate of drug-likeness (QED) is 0.805. The number of benzene rings is 2. The lowest BCUT2D eigenvalue weighted by molar-refractivity contribution is 0.185. The zero-order chi connectivity index (χ0) is 15.0. The largest absolute Gasteiger partial charge is 0.380 e. The minimum atomic E-state index is -0.512. The third kappa shape index (κ3) is 2.46. The number of ether oxygens (including phenoxy) is 1. The average molecular weight is 306 g/mol. The Morgan fingerprint density at radius 3 is 2.90 bits per heavy atom. The van der Waals surface area contributed by atoms with Gasteiger partial charge in [-0.1, -0.05) is 23.7 Å². The molecule has 0 bridgehead atoms. The van der Waals surface area contributed by atoms with Crippen LogP contribution >= 0.6 is 11.6 Å². The fraction of sp³-hybridized carbons (Fsp3) is 0.133. The summed E-state index contributed by atoms with van der Waals surface area (Å²) >= 11 is 5.86. The third-order valence-electron chi connectivity index (χ3n) is 3.20. The van der Waals surface area contributed by atoms with Crippen LogP contribution in [0.15, 0.2) is 36.4 Å². The van der Waals surface area contributed by atoms with Gasteiger partial charge in [-0.05, 0) is 23.8 Å². The van der Waals surface area contributed by atoms with Crippen molar-refractivity contribution >= 4 is 28.6 Å². The van der Waals surface area contributed by atoms with Crippen molar-refractivity contribution in [2.45, 2.75) is 6.61 Å². The monoisotopic (exact) mass is 305 g/mol. The second kappa shape index (κ2) is 5.35. The van der Waals surface area contributed by atoms with Crippen molar-refractivity contribution in [1.29, 1.82) is 0 Å². The normalized spacial score (nSPS) is 11.2. The average Bonchev–Trinajstić information content (AvgIpc) is 2.75. The molecule has 3 rings (SSSR count). The number of nitrogens with two attached hydrogens (primary N) is 1. The Balaban J connectivity index is 2.22. The van der Waals surface area contributed by atoms with E-state index in [1.807, 2.05) is 24.3 Å². The number of hydrogen-bond acceptors (Lipinski definition) is 3. The molecular formula is C15H13ClFN3O. The fourth-order valence-electron chi connectivity index (χ4n) is 2.31. The number of aromatic nitrogens is 2. The molecule has 21 heavy (non-hydrogen) atoms. The maximum atomic E-state index is 13.5. The van der Waals surface area contributed by atoms with E-state index in [2.05, 4.69) is 4.98 Å². The predicted molar refractivity (Wildman–Crippen MR) is 81.2 cm³/mol. The molecule has 108 valence electrons. The van der Waals surface area contributed by atoms with Gasteiger partial charge in [0.1, 0.15) is 5.82 Å². The maximum absolute atomic E-state index is 13.5. The van der Waals surface area contributed by atoms with E-state index >= 15 is 0 Å². The Labute approximate surface area is 125 Å². The van der Waals surface area contributed by atoms with Crippen molar-refractivity contribution in [3.63, 3.8) is 0 Å². The number of hydrogen-bond donors (Lipinski definition) is 1. The van der Waals surface area contributed by atoms with Crippen LogP contribution in [0.5, 0.6) is 0 Å². The first-order valence-electron chi connectivity index (χ1n) is 6.31. The van der Waals surface area contributed by atoms with Crippen LogP contribution in [0.3, 0.4) is 0 Å². The molecule has 2 aromatic carbocycles. The van der Waals surface area contributed by atoms with E-state index in [1.165, 1.54) is 12.1 Å². The molecule has 3 aromatic rings. The molecule has 0 fully saturated rings. The van der Waals surface area contributed by atoms with Crippen molar-refractivity contribution in [3.8, 4) is 5.69 Å². The summed E-state index contributed by atoms with van der Waals surface area (Å²) in [6, 6.07) is 10.5. The standard InChI is InChI=1S/C15H13ClFN3O/c1-21-8-9-3-2-4-10(5-9)20-14-6-11(16)12(17)7-13(14)19-15(20)18/h2-7H,8H2,1H3,(H2,18,19). The molecule has 1 aromatic heterocycles. The second-order valence-electron chi connectivity index (χ2n) is 4.66. The second-order valence-corrected chi connectivity index (χ2v) is 5.07. The van der Waals surface area contributed by atoms with E-state index in [0.29, 0.717) is 17.6 Å². The van der Waals surface area contributed by atoms with Crippen molar-refractivity contribution in [2.24, 2.45) is 0 Å². The molecule has 0 amide bonds. The summed E-state index contributed by atoms with van der Waals surface area (Å²) in [5.41, 5.74) is 8.92. The zero-order valence-corrected chi connectivity index (χ0v) is 12.1. The maximum Gasteiger partial charge on any atom is 0.205 e. The minimum absolute atomic E-state index is 0.0386. The Morgan fingerprint density at radius 1 is 1.33 bits per heavy atom. The number of anilines is 1. The molecule has 6 heteroatoms. The lowest BCUT2D eigenvalue weighted by atomic mass is 10.2. The van der Waals surface area contributed by atoms with Crippen LogP contribution in [0, 0.1) is 5.82 Å². The molecule has 0 unspecified atom stereocenters. The number of imidazole rings is 1. The van der Waals surface area contributed by atoms with Crippen LogP contribution in [-0.4, -0.2) is 16.7 Å². The van der Waals surface area contributed by atoms with Gasteiger partial charge in [-0.2, -0.15) is 0 Å². The van der Waals surface area contributed by atoms with Gasteiger partial charge in [0, 0.05) is 18.9 Å². The van der Waals surface area contributed by atoms with Crippen LogP contribution in [0.2, 0.25) is 5.02 Å². The zero-order valence-electron chi connectivity index (χ0n) is 11.3. The summed E-state index contributed by atoms with van der Waals surface area (Å²) in [6.45, 7) is 0.496. The van der Waals surface area contributed by atoms with Crippen LogP contribution in [0.1, 0.15) is 5.56 Å². The van der Waals surface area contributed by atoms with E-state index in [-0.39, 0.29) is 11.0 Å². The molecular weight excluding hydrogens is 293 g/mol. The van der Waals surface area contributed by atoms with Crippen molar-refractivity contribution < 1.29 is 9.13 Å². The minimum Gasteiger partial charge on any atom is -0.380 e. The first-order valence-corrected chi connectivity index (χ1v) is 6.69. The number of rotatable bonds is 3. The number of fused-ring (bicyclic) bond motifs is 1. The van der Waals surface area contributed by atoms with Gasteiger partial charge in [0.25, 0.3) is 0 Å². The first-order chi connectivity index (χ1) is 10.1. The third-order valence-corrected chi connectivity index (χ3v) is 3.49. The summed E-state index contributed by atoms with van der Waals surface area (Å²) < 4.78 is 20.4. The van der Waals surface area contributed by atoms with Gasteiger partial charge in [-0.15, -0.1) is 0 Å². The Kier molecular flexibility index (Phi) is 3.53. The lowest BCUT2D eigenvalue weighted by Crippen LogP contribution is -2.01. The summed E-state index contributed by atoms with van der Waals surface area (Å²) in [5, 5.41) is 0.0386. The van der Waals surface area contributed by atoms with Gasteiger partial charge in [-0.25, -0.2) is 9.37 Å². The van der Waals surface area contributed by atoms with Gasteiger partial charge >= 0.3 is 0 Å². The molecule has 0 atom stereocenters. The summed E-state index contributed by atoms with van der Waals surface area (Å²) in [7, 11) is 1.64. The highest BCUT2D eigenvalue weighted by atomic mass is 35.5. The molecule has 1 heterocycles. The SMILES string of the molecule is COCc1cccc(-n2c(N)nc3cc(F)c(Cl)cc32)c1. The Hall–Kier alpha value is -2.11. The number of methoxy groups -OCH3 is 1. The number of nitrogen functional groups attached to an aromatic ring is 1. The van der Waals surface area contributed by atoms with Gasteiger partial charge in [0.2, 0.25) is 5.95 Å². The number of nitrogens with zero attached hydrogens (tertiary/aromatic N) is 2. The summed E-state index contributed by atoms with van der Waals surface area (Å²) in [5.74, 6) is -0.233. The molecule has 2 N–H and O–H groups in total. The van der Waals surface area contributed by atoms with Crippen LogP contribution in [0.25, 0.3) is 16.7 Å². The molecule has 4 nitrogen and oxygen atoms in total. The first kappa shape index (κ1) is 13.9. The molecule has 0 saturated carbocycles. The molecule has 0 aliphatic carbocycles. The fourth-order valence-corrected chi connectivity index (χ4v) is 2.47. The van der Waals surface area contributed by atoms with Gasteiger partial charge in [-0.3, -0.25) is 4.57 Å². The van der Waals surface area contributed by atoms with Crippen molar-refractivity contribution in [1.82, 2.24) is 9.55 Å². The summed E-state index contributed by atoms with van der Waals surface area (Å²) in [6.07, 6.45) is 0. The van der Waals surface area contributed by atoms with E-state index in [0.717, 1.165) is 11.3 Å². The highest BCUT2D eigenvalue weighted by Crippen LogP contribution is 2.28. The van der Waals surface area contributed by atoms with Gasteiger partial charge in [0.05, 0.1) is 22.7 Å². The van der Waals surface area contributed by atoms with E-state index < -0.39 is 5.82 Å². The van der Waals surface area contributed by atoms with Crippen LogP contribution < -0.4 is 5.73 Å². The molecule has 0 spiro atoms. The van der Waals surface area contributed by atoms with E-state index in [1.54, 1.807) is 11.7 Å². The molecule has 0 saturated heterocycles. The van der Waals surface area contributed by atoms with E-state index in [4.69, 9.17) is 22.1 Å². The Morgan fingerprint density at radius 2 is 2.14 bits per heavy atom. The topological polar surface area (TPSA) is 53.1 Å². The van der Waals surface area contributed by atoms with Crippen LogP contribution in [0.4, 0.5) is 10.3 Å². The lowest BCUT2D eigenvalue weighted by Gasteiger charge is -2.09. The van der Waals surface area contributed by atoms with Gasteiger partial charge < -0.3 is 10.5 Å². The summed E-state index contributed by atoms with van der Waals surface area (Å²) in [4.78, 5) is 4.18. The van der Waals surface area contributed by atoms with Crippen molar-refractivity contribution in [2.75, 3.05) is 12.8 Å². The Bertz CT molecular complexity index is 816. The molecule has 0 aliphatic heterocycles. The highest BCUT2D eigenvalue weighted by molar-refractivity contribution is 6.31. The molecule has 0 aliphatic rings. The smallest absolute Gasteiger partial charge is 0.205 e. The molecule has 0 radical (unpaired) electrons. The van der Waals surface area contributed by atoms with E-state index in [9.17, 15) is 4.39 Å². The highest BCUT2D eigenvalue weighted by Gasteiger charge is 2.13. The predicted octanol–water partition coefficient (Wildman–Crippen LogP) is 3.55. The van der Waals surface area contributed by atoms with Crippen LogP contribution in [-0.2, 0) is 11.3 Å².